The van der Waals surface area contributed by atoms with Gasteiger partial charge in [0.1, 0.15) is 17.6 Å². The van der Waals surface area contributed by atoms with E-state index in [1.165, 1.54) is 19.3 Å². The van der Waals surface area contributed by atoms with Crippen LogP contribution in [0.3, 0.4) is 0 Å². The van der Waals surface area contributed by atoms with Crippen molar-refractivity contribution in [3.63, 3.8) is 0 Å². The van der Waals surface area contributed by atoms with Crippen LogP contribution in [0.15, 0.2) is 12.2 Å². The minimum atomic E-state index is -1.05. The Morgan fingerprint density at radius 2 is 1.82 bits per heavy atom. The zero-order valence-electron chi connectivity index (χ0n) is 23.4. The Kier molecular flexibility index (Phi) is 13.7. The predicted octanol–water partition coefficient (Wildman–Crippen LogP) is 4.21. The normalized spacial score (nSPS) is 27.2. The van der Waals surface area contributed by atoms with Crippen LogP contribution in [0.25, 0.3) is 0 Å². The number of aliphatic carboxylic acids is 1. The third-order valence-corrected chi connectivity index (χ3v) is 8.19. The first kappa shape index (κ1) is 32.2. The van der Waals surface area contributed by atoms with Crippen LogP contribution in [-0.2, 0) is 19.2 Å². The molecule has 216 valence electrons. The van der Waals surface area contributed by atoms with E-state index in [0.717, 1.165) is 19.3 Å². The van der Waals surface area contributed by atoms with Gasteiger partial charge in [0.25, 0.3) is 0 Å². The summed E-state index contributed by atoms with van der Waals surface area (Å²) in [6.45, 7) is 5.97. The van der Waals surface area contributed by atoms with Crippen molar-refractivity contribution in [2.75, 3.05) is 0 Å². The molecule has 0 spiro atoms. The van der Waals surface area contributed by atoms with E-state index in [1.54, 1.807) is 12.2 Å². The Morgan fingerprint density at radius 3 is 2.47 bits per heavy atom. The fourth-order valence-electron chi connectivity index (χ4n) is 5.98. The number of Topliss-reactive ketones (excluding diaryl/α,β-unsaturated/α-hetero) is 2. The third kappa shape index (κ3) is 10.6. The van der Waals surface area contributed by atoms with E-state index < -0.39 is 36.1 Å². The number of carboxylic acids is 1. The van der Waals surface area contributed by atoms with E-state index in [1.807, 2.05) is 13.8 Å². The van der Waals surface area contributed by atoms with Crippen molar-refractivity contribution in [3.8, 4) is 0 Å². The molecule has 4 N–H and O–H groups in total. The minimum absolute atomic E-state index is 0.0207. The standard InChI is InChI=1S/C30H49NO7/c1-4-5-8-20-11-12-21(16-20)26(33)14-13-23-24(28(35)18-27(23)34)17-22(32)9-6-7-10-29(36)31-25(30(37)38)15-19(2)3/h13-14,19-21,23-27,33-34H,4-12,15-18H2,1-3H3,(H,31,36)(H,37,38)/t20-,21-,23+,24+,25+,26-,27+/m0/s1. The zero-order valence-corrected chi connectivity index (χ0v) is 23.4. The second-order valence-electron chi connectivity index (χ2n) is 11.9. The number of unbranched alkanes of at least 4 members (excludes halogenated alkanes) is 2. The van der Waals surface area contributed by atoms with E-state index in [2.05, 4.69) is 12.2 Å². The Morgan fingerprint density at radius 1 is 1.11 bits per heavy atom. The first-order valence-corrected chi connectivity index (χ1v) is 14.6. The number of carbonyl (C=O) groups is 4. The van der Waals surface area contributed by atoms with Gasteiger partial charge in [0, 0.05) is 37.5 Å². The van der Waals surface area contributed by atoms with Crippen molar-refractivity contribution in [2.45, 2.75) is 122 Å². The topological polar surface area (TPSA) is 141 Å². The van der Waals surface area contributed by atoms with E-state index in [9.17, 15) is 34.5 Å². The highest BCUT2D eigenvalue weighted by Crippen LogP contribution is 2.38. The molecule has 0 aromatic heterocycles. The van der Waals surface area contributed by atoms with Gasteiger partial charge < -0.3 is 20.6 Å². The third-order valence-electron chi connectivity index (χ3n) is 8.19. The Hall–Kier alpha value is -2.06. The Bertz CT molecular complexity index is 823. The molecule has 0 saturated heterocycles. The van der Waals surface area contributed by atoms with Gasteiger partial charge in [-0.25, -0.2) is 4.79 Å². The fraction of sp³-hybridized carbons (Fsp3) is 0.800. The maximum absolute atomic E-state index is 12.6. The van der Waals surface area contributed by atoms with Crippen LogP contribution >= 0.6 is 0 Å². The molecule has 8 heteroatoms. The van der Waals surface area contributed by atoms with Crippen molar-refractivity contribution in [1.29, 1.82) is 0 Å². The van der Waals surface area contributed by atoms with Crippen LogP contribution in [0.5, 0.6) is 0 Å². The van der Waals surface area contributed by atoms with Gasteiger partial charge in [-0.15, -0.1) is 0 Å². The molecule has 2 aliphatic rings. The molecule has 0 aliphatic heterocycles. The molecule has 2 aliphatic carbocycles. The van der Waals surface area contributed by atoms with Crippen molar-refractivity contribution in [2.24, 2.45) is 29.6 Å². The lowest BCUT2D eigenvalue weighted by atomic mass is 9.87. The quantitative estimate of drug-likeness (QED) is 0.161. The van der Waals surface area contributed by atoms with Gasteiger partial charge in [0.05, 0.1) is 12.2 Å². The molecule has 0 bridgehead atoms. The smallest absolute Gasteiger partial charge is 0.326 e. The molecule has 38 heavy (non-hydrogen) atoms. The van der Waals surface area contributed by atoms with Gasteiger partial charge in [-0.1, -0.05) is 58.6 Å². The zero-order chi connectivity index (χ0) is 28.2. The first-order valence-electron chi connectivity index (χ1n) is 14.6. The summed E-state index contributed by atoms with van der Waals surface area (Å²) in [5.41, 5.74) is 0. The largest absolute Gasteiger partial charge is 0.480 e. The van der Waals surface area contributed by atoms with Gasteiger partial charge in [-0.2, -0.15) is 0 Å². The number of rotatable bonds is 17. The SMILES string of the molecule is CCCC[C@H]1CC[C@H]([C@@H](O)C=C[C@H]2[C@H](O)CC(=O)[C@@H]2CC(=O)CCCCC(=O)N[C@H](CC(C)C)C(=O)O)C1. The molecule has 2 saturated carbocycles. The number of aliphatic hydroxyl groups excluding tert-OH is 2. The summed E-state index contributed by atoms with van der Waals surface area (Å²) in [4.78, 5) is 48.5. The van der Waals surface area contributed by atoms with E-state index >= 15 is 0 Å². The van der Waals surface area contributed by atoms with Crippen molar-refractivity contribution >= 4 is 23.4 Å². The molecule has 0 heterocycles. The highest BCUT2D eigenvalue weighted by Gasteiger charge is 2.41. The van der Waals surface area contributed by atoms with Crippen molar-refractivity contribution < 1.29 is 34.5 Å². The molecule has 0 unspecified atom stereocenters. The summed E-state index contributed by atoms with van der Waals surface area (Å²) in [6.07, 6.45) is 10.4. The van der Waals surface area contributed by atoms with E-state index in [-0.39, 0.29) is 55.0 Å². The van der Waals surface area contributed by atoms with Gasteiger partial charge in [-0.05, 0) is 49.9 Å². The van der Waals surface area contributed by atoms with Crippen LogP contribution in [0.2, 0.25) is 0 Å². The molecule has 7 atom stereocenters. The summed E-state index contributed by atoms with van der Waals surface area (Å²) < 4.78 is 0. The van der Waals surface area contributed by atoms with Crippen LogP contribution < -0.4 is 5.32 Å². The van der Waals surface area contributed by atoms with E-state index in [0.29, 0.717) is 25.2 Å². The van der Waals surface area contributed by atoms with Crippen LogP contribution in [0.1, 0.15) is 104 Å². The van der Waals surface area contributed by atoms with Gasteiger partial charge in [0.2, 0.25) is 5.91 Å². The van der Waals surface area contributed by atoms with E-state index in [4.69, 9.17) is 0 Å². The molecular formula is C30H49NO7. The van der Waals surface area contributed by atoms with Crippen LogP contribution in [0, 0.1) is 29.6 Å². The number of carbonyl (C=O) groups excluding carboxylic acids is 3. The first-order chi connectivity index (χ1) is 18.0. The lowest BCUT2D eigenvalue weighted by molar-refractivity contribution is -0.142. The summed E-state index contributed by atoms with van der Waals surface area (Å²) in [5.74, 6) is -1.67. The second-order valence-corrected chi connectivity index (χ2v) is 11.9. The molecule has 0 aromatic rings. The molecular weight excluding hydrogens is 486 g/mol. The number of hydrogen-bond donors (Lipinski definition) is 4. The van der Waals surface area contributed by atoms with Gasteiger partial charge in [0.15, 0.2) is 0 Å². The number of ketones is 2. The molecule has 8 nitrogen and oxygen atoms in total. The fourth-order valence-corrected chi connectivity index (χ4v) is 5.98. The summed E-state index contributed by atoms with van der Waals surface area (Å²) >= 11 is 0. The van der Waals surface area contributed by atoms with Gasteiger partial charge >= 0.3 is 5.97 Å². The minimum Gasteiger partial charge on any atom is -0.480 e. The van der Waals surface area contributed by atoms with Crippen LogP contribution in [0.4, 0.5) is 0 Å². The summed E-state index contributed by atoms with van der Waals surface area (Å²) in [7, 11) is 0. The molecule has 1 amide bonds. The maximum atomic E-state index is 12.6. The van der Waals surface area contributed by atoms with Gasteiger partial charge in [-0.3, -0.25) is 14.4 Å². The second kappa shape index (κ2) is 16.1. The number of hydrogen-bond acceptors (Lipinski definition) is 6. The highest BCUT2D eigenvalue weighted by atomic mass is 16.4. The monoisotopic (exact) mass is 535 g/mol. The Balaban J connectivity index is 1.78. The molecule has 2 rings (SSSR count). The number of nitrogens with one attached hydrogen (secondary N) is 1. The lowest BCUT2D eigenvalue weighted by Gasteiger charge is -2.19. The highest BCUT2D eigenvalue weighted by molar-refractivity contribution is 5.90. The van der Waals surface area contributed by atoms with Crippen molar-refractivity contribution in [1.82, 2.24) is 5.32 Å². The maximum Gasteiger partial charge on any atom is 0.326 e. The number of amides is 1. The summed E-state index contributed by atoms with van der Waals surface area (Å²) in [5, 5.41) is 32.9. The molecule has 0 radical (unpaired) electrons. The predicted molar refractivity (Wildman–Crippen MR) is 145 cm³/mol. The lowest BCUT2D eigenvalue weighted by Crippen LogP contribution is -2.41. The van der Waals surface area contributed by atoms with Crippen molar-refractivity contribution in [3.05, 3.63) is 12.2 Å². The van der Waals surface area contributed by atoms with Crippen LogP contribution in [-0.4, -0.2) is 57.0 Å². The average Bonchev–Trinajstić information content (AvgIpc) is 3.42. The summed E-state index contributed by atoms with van der Waals surface area (Å²) in [6, 6.07) is -0.913. The average molecular weight is 536 g/mol. The molecule has 2 fully saturated rings. The Labute approximate surface area is 227 Å². The number of aliphatic hydroxyl groups is 2. The molecule has 0 aromatic carbocycles. The number of carboxylic acid groups (broad SMARTS) is 1.